The van der Waals surface area contributed by atoms with Crippen LogP contribution < -0.4 is 4.74 Å². The average molecular weight is 231 g/mol. The molecule has 1 rings (SSSR count). The van der Waals surface area contributed by atoms with Crippen LogP contribution in [0.4, 0.5) is 0 Å². The molecule has 0 aliphatic rings. The first-order chi connectivity index (χ1) is 6.88. The van der Waals surface area contributed by atoms with E-state index < -0.39 is 0 Å². The van der Waals surface area contributed by atoms with Crippen molar-refractivity contribution in [2.75, 3.05) is 7.11 Å². The lowest BCUT2D eigenvalue weighted by Crippen LogP contribution is -2.24. The first-order valence-electron chi connectivity index (χ1n) is 5.09. The van der Waals surface area contributed by atoms with Crippen LogP contribution in [0.15, 0.2) is 6.20 Å². The number of hydrogen-bond donors (Lipinski definition) is 0. The Balaban J connectivity index is 3.07. The lowest BCUT2D eigenvalue weighted by molar-refractivity contribution is 0.373. The van der Waals surface area contributed by atoms with Crippen LogP contribution >= 0.6 is 11.6 Å². The maximum Gasteiger partial charge on any atom is 0.160 e. The second kappa shape index (κ2) is 4.44. The van der Waals surface area contributed by atoms with Gasteiger partial charge in [-0.2, -0.15) is 5.10 Å². The fourth-order valence-corrected chi connectivity index (χ4v) is 2.52. The average Bonchev–Trinajstić information content (AvgIpc) is 2.44. The van der Waals surface area contributed by atoms with E-state index in [1.165, 1.54) is 0 Å². The summed E-state index contributed by atoms with van der Waals surface area (Å²) in [4.78, 5) is 0. The van der Waals surface area contributed by atoms with Crippen molar-refractivity contribution in [1.29, 1.82) is 0 Å². The molecule has 86 valence electrons. The Morgan fingerprint density at radius 1 is 1.60 bits per heavy atom. The molecule has 0 amide bonds. The Kier molecular flexibility index (Phi) is 3.66. The minimum absolute atomic E-state index is 0.0300. The maximum absolute atomic E-state index is 6.06. The van der Waals surface area contributed by atoms with Gasteiger partial charge in [-0.05, 0) is 13.3 Å². The number of hydrogen-bond acceptors (Lipinski definition) is 2. The monoisotopic (exact) mass is 230 g/mol. The second-order valence-corrected chi connectivity index (χ2v) is 5.30. The molecule has 0 saturated heterocycles. The number of halogens is 1. The number of nitrogens with zero attached hydrogens (tertiary/aromatic N) is 2. The van der Waals surface area contributed by atoms with Crippen molar-refractivity contribution in [3.8, 4) is 5.75 Å². The molecule has 1 unspecified atom stereocenters. The number of methoxy groups -OCH3 is 1. The highest BCUT2D eigenvalue weighted by atomic mass is 35.5. The minimum atomic E-state index is -0.0300. The summed E-state index contributed by atoms with van der Waals surface area (Å²) in [5, 5.41) is 4.35. The lowest BCUT2D eigenvalue weighted by atomic mass is 9.84. The van der Waals surface area contributed by atoms with Gasteiger partial charge in [0.15, 0.2) is 5.75 Å². The molecule has 3 nitrogen and oxygen atoms in total. The van der Waals surface area contributed by atoms with Crippen molar-refractivity contribution in [3.63, 3.8) is 0 Å². The highest BCUT2D eigenvalue weighted by Gasteiger charge is 2.29. The Labute approximate surface area is 96.4 Å². The van der Waals surface area contributed by atoms with Crippen molar-refractivity contribution in [3.05, 3.63) is 11.9 Å². The van der Waals surface area contributed by atoms with Gasteiger partial charge in [-0.25, -0.2) is 0 Å². The van der Waals surface area contributed by atoms with Gasteiger partial charge in [-0.15, -0.1) is 11.6 Å². The van der Waals surface area contributed by atoms with Crippen molar-refractivity contribution >= 4 is 11.6 Å². The zero-order valence-corrected chi connectivity index (χ0v) is 10.8. The largest absolute Gasteiger partial charge is 0.493 e. The molecule has 15 heavy (non-hydrogen) atoms. The van der Waals surface area contributed by atoms with E-state index in [0.29, 0.717) is 0 Å². The Hall–Kier alpha value is -0.700. The van der Waals surface area contributed by atoms with E-state index >= 15 is 0 Å². The summed E-state index contributed by atoms with van der Waals surface area (Å²) in [6, 6.07) is 0. The fourth-order valence-electron chi connectivity index (χ4n) is 2.14. The standard InChI is InChI=1S/C11H19ClN2O/c1-8(12)6-11(2,3)10-9(15-5)7-13-14(10)4/h7-8H,6H2,1-5H3. The predicted molar refractivity (Wildman–Crippen MR) is 62.7 cm³/mol. The lowest BCUT2D eigenvalue weighted by Gasteiger charge is -2.27. The molecule has 1 heterocycles. The fraction of sp³-hybridized carbons (Fsp3) is 0.727. The summed E-state index contributed by atoms with van der Waals surface area (Å²) >= 11 is 6.06. The number of aryl methyl sites for hydroxylation is 1. The van der Waals surface area contributed by atoms with E-state index in [9.17, 15) is 0 Å². The molecule has 0 saturated carbocycles. The van der Waals surface area contributed by atoms with Crippen molar-refractivity contribution in [2.24, 2.45) is 7.05 Å². The highest BCUT2D eigenvalue weighted by molar-refractivity contribution is 6.20. The molecule has 0 radical (unpaired) electrons. The number of alkyl halides is 1. The molecule has 0 fully saturated rings. The normalized spacial score (nSPS) is 14.0. The van der Waals surface area contributed by atoms with Crippen molar-refractivity contribution < 1.29 is 4.74 Å². The van der Waals surface area contributed by atoms with Gasteiger partial charge >= 0.3 is 0 Å². The van der Waals surface area contributed by atoms with Gasteiger partial charge in [0.2, 0.25) is 0 Å². The van der Waals surface area contributed by atoms with Gasteiger partial charge in [0.25, 0.3) is 0 Å². The first-order valence-corrected chi connectivity index (χ1v) is 5.52. The van der Waals surface area contributed by atoms with E-state index in [0.717, 1.165) is 17.9 Å². The maximum atomic E-state index is 6.06. The molecular formula is C11H19ClN2O. The van der Waals surface area contributed by atoms with Crippen LogP contribution in [0.25, 0.3) is 0 Å². The summed E-state index contributed by atoms with van der Waals surface area (Å²) in [7, 11) is 3.60. The highest BCUT2D eigenvalue weighted by Crippen LogP contribution is 2.35. The topological polar surface area (TPSA) is 27.1 Å². The Morgan fingerprint density at radius 2 is 2.20 bits per heavy atom. The molecule has 1 atom stereocenters. The van der Waals surface area contributed by atoms with E-state index in [2.05, 4.69) is 18.9 Å². The number of ether oxygens (including phenoxy) is 1. The SMILES string of the molecule is COc1cnn(C)c1C(C)(C)CC(C)Cl. The zero-order valence-electron chi connectivity index (χ0n) is 10.0. The summed E-state index contributed by atoms with van der Waals surface area (Å²) in [5.41, 5.74) is 1.06. The smallest absolute Gasteiger partial charge is 0.160 e. The van der Waals surface area contributed by atoms with Crippen LogP contribution in [0.1, 0.15) is 32.9 Å². The van der Waals surface area contributed by atoms with Crippen LogP contribution in [-0.4, -0.2) is 22.3 Å². The quantitative estimate of drug-likeness (QED) is 0.744. The number of aromatic nitrogens is 2. The Bertz CT molecular complexity index is 331. The molecule has 0 bridgehead atoms. The zero-order chi connectivity index (χ0) is 11.6. The van der Waals surface area contributed by atoms with Gasteiger partial charge in [0, 0.05) is 17.8 Å². The molecule has 4 heteroatoms. The van der Waals surface area contributed by atoms with E-state index in [1.807, 2.05) is 18.7 Å². The summed E-state index contributed by atoms with van der Waals surface area (Å²) < 4.78 is 7.17. The molecule has 0 aromatic carbocycles. The molecule has 1 aromatic heterocycles. The van der Waals surface area contributed by atoms with E-state index in [-0.39, 0.29) is 10.8 Å². The summed E-state index contributed by atoms with van der Waals surface area (Å²) in [5.74, 6) is 0.833. The van der Waals surface area contributed by atoms with Crippen LogP contribution in [0, 0.1) is 0 Å². The van der Waals surface area contributed by atoms with Gasteiger partial charge in [-0.1, -0.05) is 13.8 Å². The molecular weight excluding hydrogens is 212 g/mol. The molecule has 1 aromatic rings. The molecule has 0 N–H and O–H groups in total. The third-order valence-corrected chi connectivity index (χ3v) is 2.71. The van der Waals surface area contributed by atoms with Crippen molar-refractivity contribution in [2.45, 2.75) is 38.0 Å². The molecule has 0 spiro atoms. The van der Waals surface area contributed by atoms with Crippen LogP contribution in [-0.2, 0) is 12.5 Å². The number of rotatable bonds is 4. The van der Waals surface area contributed by atoms with Crippen LogP contribution in [0.5, 0.6) is 5.75 Å². The van der Waals surface area contributed by atoms with E-state index in [4.69, 9.17) is 16.3 Å². The van der Waals surface area contributed by atoms with Gasteiger partial charge in [0.1, 0.15) is 0 Å². The van der Waals surface area contributed by atoms with Gasteiger partial charge in [-0.3, -0.25) is 4.68 Å². The molecule has 0 aliphatic heterocycles. The second-order valence-electron chi connectivity index (χ2n) is 4.55. The Morgan fingerprint density at radius 3 is 2.67 bits per heavy atom. The molecule has 0 aliphatic carbocycles. The van der Waals surface area contributed by atoms with Crippen molar-refractivity contribution in [1.82, 2.24) is 9.78 Å². The summed E-state index contributed by atoms with van der Waals surface area (Å²) in [6.07, 6.45) is 2.64. The third kappa shape index (κ3) is 2.65. The van der Waals surface area contributed by atoms with Gasteiger partial charge < -0.3 is 4.74 Å². The van der Waals surface area contributed by atoms with Crippen LogP contribution in [0.3, 0.4) is 0 Å². The predicted octanol–water partition coefficient (Wildman–Crippen LogP) is 2.72. The van der Waals surface area contributed by atoms with Crippen LogP contribution in [0.2, 0.25) is 0 Å². The van der Waals surface area contributed by atoms with E-state index in [1.54, 1.807) is 13.3 Å². The first kappa shape index (κ1) is 12.4. The summed E-state index contributed by atoms with van der Waals surface area (Å²) in [6.45, 7) is 6.32. The third-order valence-electron chi connectivity index (χ3n) is 2.56. The minimum Gasteiger partial charge on any atom is -0.493 e. The van der Waals surface area contributed by atoms with Gasteiger partial charge in [0.05, 0.1) is 19.0 Å².